The third-order valence-corrected chi connectivity index (χ3v) is 5.67. The molecule has 1 aliphatic heterocycles. The summed E-state index contributed by atoms with van der Waals surface area (Å²) in [5.74, 6) is 0.480. The monoisotopic (exact) mass is 377 g/mol. The van der Waals surface area contributed by atoms with E-state index in [4.69, 9.17) is 0 Å². The van der Waals surface area contributed by atoms with E-state index in [1.165, 1.54) is 23.1 Å². The van der Waals surface area contributed by atoms with Crippen LogP contribution < -0.4 is 10.6 Å². The molecule has 0 spiro atoms. The molecular formula is C16H19N5O2S2. The van der Waals surface area contributed by atoms with Crippen molar-refractivity contribution >= 4 is 45.9 Å². The normalized spacial score (nSPS) is 13.7. The average molecular weight is 377 g/mol. The molecule has 0 radical (unpaired) electrons. The highest BCUT2D eigenvalue weighted by Gasteiger charge is 2.18. The first-order valence-corrected chi connectivity index (χ1v) is 9.79. The smallest absolute Gasteiger partial charge is 0.325 e. The summed E-state index contributed by atoms with van der Waals surface area (Å²) in [5.41, 5.74) is 1.83. The molecule has 0 aliphatic carbocycles. The maximum atomic E-state index is 12.0. The van der Waals surface area contributed by atoms with E-state index in [2.05, 4.69) is 20.8 Å². The molecule has 0 bridgehead atoms. The van der Waals surface area contributed by atoms with Gasteiger partial charge in [0.15, 0.2) is 4.34 Å². The van der Waals surface area contributed by atoms with Crippen molar-refractivity contribution in [2.45, 2.75) is 24.1 Å². The lowest BCUT2D eigenvalue weighted by atomic mass is 10.2. The van der Waals surface area contributed by atoms with Crippen molar-refractivity contribution < 1.29 is 9.59 Å². The Balaban J connectivity index is 1.46. The number of thioether (sulfide) groups is 1. The molecule has 1 aromatic carbocycles. The van der Waals surface area contributed by atoms with Crippen molar-refractivity contribution in [3.63, 3.8) is 0 Å². The molecule has 0 unspecified atom stereocenters. The lowest BCUT2D eigenvalue weighted by molar-refractivity contribution is -0.127. The molecule has 3 rings (SSSR count). The highest BCUT2D eigenvalue weighted by Crippen LogP contribution is 2.26. The van der Waals surface area contributed by atoms with Crippen LogP contribution in [0, 0.1) is 6.92 Å². The summed E-state index contributed by atoms with van der Waals surface area (Å²) in [7, 11) is 0. The van der Waals surface area contributed by atoms with Gasteiger partial charge < -0.3 is 10.2 Å². The molecule has 1 saturated heterocycles. The van der Waals surface area contributed by atoms with Crippen LogP contribution in [0.5, 0.6) is 0 Å². The van der Waals surface area contributed by atoms with Crippen molar-refractivity contribution in [3.8, 4) is 0 Å². The van der Waals surface area contributed by atoms with E-state index in [0.29, 0.717) is 20.9 Å². The molecule has 0 atom stereocenters. The van der Waals surface area contributed by atoms with Gasteiger partial charge in [-0.3, -0.25) is 10.1 Å². The molecule has 7 nitrogen and oxygen atoms in total. The zero-order valence-electron chi connectivity index (χ0n) is 13.8. The summed E-state index contributed by atoms with van der Waals surface area (Å²) in [6.45, 7) is 3.68. The minimum Gasteiger partial charge on any atom is -0.342 e. The summed E-state index contributed by atoms with van der Waals surface area (Å²) in [6.07, 6.45) is 2.17. The van der Waals surface area contributed by atoms with Crippen LogP contribution in [-0.2, 0) is 4.79 Å². The first-order valence-electron chi connectivity index (χ1n) is 7.99. The molecule has 3 amide bonds. The number of aromatic nitrogens is 2. The minimum absolute atomic E-state index is 0.129. The number of likely N-dealkylation sites (tertiary alicyclic amines) is 1. The van der Waals surface area contributed by atoms with Crippen molar-refractivity contribution in [2.75, 3.05) is 29.5 Å². The molecule has 25 heavy (non-hydrogen) atoms. The standard InChI is InChI=1S/C16H19N5O2S2/c1-11-4-6-12(7-5-11)17-14(23)18-15-19-20-16(25-15)24-10-13(22)21-8-2-3-9-21/h4-7H,2-3,8-10H2,1H3,(H2,17,18,19,23). The predicted octanol–water partition coefficient (Wildman–Crippen LogP) is 3.21. The van der Waals surface area contributed by atoms with Crippen molar-refractivity contribution in [1.82, 2.24) is 15.1 Å². The highest BCUT2D eigenvalue weighted by atomic mass is 32.2. The number of carbonyl (C=O) groups is 2. The van der Waals surface area contributed by atoms with Crippen LogP contribution in [-0.4, -0.2) is 45.9 Å². The zero-order valence-corrected chi connectivity index (χ0v) is 15.5. The second-order valence-corrected chi connectivity index (χ2v) is 7.89. The molecule has 9 heteroatoms. The lowest BCUT2D eigenvalue weighted by Crippen LogP contribution is -2.29. The maximum Gasteiger partial charge on any atom is 0.325 e. The number of nitrogens with zero attached hydrogens (tertiary/aromatic N) is 3. The predicted molar refractivity (Wildman–Crippen MR) is 100 cm³/mol. The van der Waals surface area contributed by atoms with E-state index < -0.39 is 0 Å². The third kappa shape index (κ3) is 5.17. The van der Waals surface area contributed by atoms with Gasteiger partial charge in [0.2, 0.25) is 11.0 Å². The van der Waals surface area contributed by atoms with Gasteiger partial charge in [0, 0.05) is 18.8 Å². The zero-order chi connectivity index (χ0) is 17.6. The molecular weight excluding hydrogens is 358 g/mol. The fraction of sp³-hybridized carbons (Fsp3) is 0.375. The van der Waals surface area contributed by atoms with Crippen LogP contribution in [0.25, 0.3) is 0 Å². The van der Waals surface area contributed by atoms with Gasteiger partial charge in [-0.2, -0.15) is 0 Å². The van der Waals surface area contributed by atoms with Gasteiger partial charge in [0.1, 0.15) is 0 Å². The fourth-order valence-electron chi connectivity index (χ4n) is 2.40. The van der Waals surface area contributed by atoms with Crippen LogP contribution in [0.15, 0.2) is 28.6 Å². The SMILES string of the molecule is Cc1ccc(NC(=O)Nc2nnc(SCC(=O)N3CCCC3)s2)cc1. The highest BCUT2D eigenvalue weighted by molar-refractivity contribution is 8.01. The molecule has 1 aromatic heterocycles. The first-order chi connectivity index (χ1) is 12.1. The van der Waals surface area contributed by atoms with Crippen LogP contribution in [0.2, 0.25) is 0 Å². The molecule has 2 N–H and O–H groups in total. The Hall–Kier alpha value is -2.13. The fourth-order valence-corrected chi connectivity index (χ4v) is 4.05. The average Bonchev–Trinajstić information content (AvgIpc) is 3.26. The number of urea groups is 1. The molecule has 2 aromatic rings. The number of hydrogen-bond donors (Lipinski definition) is 2. The van der Waals surface area contributed by atoms with Crippen LogP contribution >= 0.6 is 23.1 Å². The van der Waals surface area contributed by atoms with Gasteiger partial charge >= 0.3 is 6.03 Å². The Labute approximate surface area is 154 Å². The van der Waals surface area contributed by atoms with E-state index >= 15 is 0 Å². The van der Waals surface area contributed by atoms with E-state index in [9.17, 15) is 9.59 Å². The van der Waals surface area contributed by atoms with Crippen molar-refractivity contribution in [1.29, 1.82) is 0 Å². The second kappa shape index (κ2) is 8.30. The molecule has 132 valence electrons. The van der Waals surface area contributed by atoms with Crippen molar-refractivity contribution in [3.05, 3.63) is 29.8 Å². The number of rotatable bonds is 5. The number of hydrogen-bond acceptors (Lipinski definition) is 6. The topological polar surface area (TPSA) is 87.2 Å². The summed E-state index contributed by atoms with van der Waals surface area (Å²) in [4.78, 5) is 25.9. The Bertz CT molecular complexity index is 741. The number of amides is 3. The van der Waals surface area contributed by atoms with Crippen molar-refractivity contribution in [2.24, 2.45) is 0 Å². The summed E-state index contributed by atoms with van der Waals surface area (Å²) in [5, 5.41) is 13.7. The van der Waals surface area contributed by atoms with Gasteiger partial charge in [-0.1, -0.05) is 40.8 Å². The largest absolute Gasteiger partial charge is 0.342 e. The van der Waals surface area contributed by atoms with Crippen LogP contribution in [0.3, 0.4) is 0 Å². The third-order valence-electron chi connectivity index (χ3n) is 3.71. The molecule has 0 saturated carbocycles. The van der Waals surface area contributed by atoms with E-state index in [1.54, 1.807) is 0 Å². The van der Waals surface area contributed by atoms with Crippen LogP contribution in [0.4, 0.5) is 15.6 Å². The number of benzene rings is 1. The van der Waals surface area contributed by atoms with Gasteiger partial charge in [-0.15, -0.1) is 10.2 Å². The first kappa shape index (κ1) is 17.7. The van der Waals surface area contributed by atoms with Crippen LogP contribution in [0.1, 0.15) is 18.4 Å². The lowest BCUT2D eigenvalue weighted by Gasteiger charge is -2.13. The summed E-state index contributed by atoms with van der Waals surface area (Å²) in [6, 6.07) is 7.14. The Morgan fingerprint density at radius 3 is 2.60 bits per heavy atom. The van der Waals surface area contributed by atoms with Gasteiger partial charge in [0.25, 0.3) is 0 Å². The quantitative estimate of drug-likeness (QED) is 0.617. The van der Waals surface area contributed by atoms with E-state index in [1.807, 2.05) is 36.1 Å². The summed E-state index contributed by atoms with van der Waals surface area (Å²) < 4.78 is 0.665. The minimum atomic E-state index is -0.371. The molecule has 1 aliphatic rings. The maximum absolute atomic E-state index is 12.0. The van der Waals surface area contributed by atoms with Gasteiger partial charge in [-0.25, -0.2) is 4.79 Å². The Kier molecular flexibility index (Phi) is 5.87. The van der Waals surface area contributed by atoms with E-state index in [-0.39, 0.29) is 11.9 Å². The van der Waals surface area contributed by atoms with E-state index in [0.717, 1.165) is 31.5 Å². The van der Waals surface area contributed by atoms with Gasteiger partial charge in [-0.05, 0) is 31.9 Å². The number of anilines is 2. The molecule has 1 fully saturated rings. The summed E-state index contributed by atoms with van der Waals surface area (Å²) >= 11 is 2.61. The number of nitrogens with one attached hydrogen (secondary N) is 2. The Morgan fingerprint density at radius 1 is 1.16 bits per heavy atom. The van der Waals surface area contributed by atoms with Gasteiger partial charge in [0.05, 0.1) is 5.75 Å². The number of carbonyl (C=O) groups excluding carboxylic acids is 2. The second-order valence-electron chi connectivity index (χ2n) is 5.69. The molecule has 2 heterocycles. The Morgan fingerprint density at radius 2 is 1.88 bits per heavy atom. The number of aryl methyl sites for hydroxylation is 1.